The Labute approximate surface area is 166 Å². The molecule has 8 heteroatoms. The summed E-state index contributed by atoms with van der Waals surface area (Å²) in [5.74, 6) is 1.29. The van der Waals surface area contributed by atoms with Gasteiger partial charge in [-0.1, -0.05) is 30.0 Å². The van der Waals surface area contributed by atoms with Crippen molar-refractivity contribution in [2.75, 3.05) is 11.7 Å². The lowest BCUT2D eigenvalue weighted by Crippen LogP contribution is -2.27. The first-order chi connectivity index (χ1) is 12.0. The molecule has 0 unspecified atom stereocenters. The molecule has 25 heavy (non-hydrogen) atoms. The topological polar surface area (TPSA) is 59.0 Å². The summed E-state index contributed by atoms with van der Waals surface area (Å²) in [5.41, 5.74) is 1.48. The summed E-state index contributed by atoms with van der Waals surface area (Å²) in [6, 6.07) is 10.5. The van der Waals surface area contributed by atoms with Crippen LogP contribution in [-0.4, -0.2) is 22.1 Å². The number of nitrogens with zero attached hydrogens (tertiary/aromatic N) is 1. The molecule has 0 radical (unpaired) electrons. The van der Waals surface area contributed by atoms with Gasteiger partial charge in [0.1, 0.15) is 5.75 Å². The number of benzene rings is 2. The number of hydrogen-bond acceptors (Lipinski definition) is 6. The Balaban J connectivity index is 1.66. The number of thiocarbonyl (C=S) groups is 1. The van der Waals surface area contributed by atoms with Crippen LogP contribution in [0.25, 0.3) is 6.08 Å². The van der Waals surface area contributed by atoms with Gasteiger partial charge in [-0.25, -0.2) is 0 Å². The monoisotopic (exact) mass is 483 g/mol. The zero-order valence-corrected chi connectivity index (χ0v) is 16.4. The lowest BCUT2D eigenvalue weighted by atomic mass is 10.2. The SMILES string of the molecule is O=C1/C(=C/c2ccc(O)c(I)c2)SC(=S)N1c1ccc2c(c1)OCO2. The number of halogens is 1. The maximum atomic E-state index is 12.8. The van der Waals surface area contributed by atoms with Gasteiger partial charge in [-0.3, -0.25) is 9.69 Å². The standard InChI is InChI=1S/C17H10INO4S2/c18-11-5-9(1-3-12(11)20)6-15-16(21)19(17(24)25-15)10-2-4-13-14(7-10)23-8-22-13/h1-7,20H,8H2/b15-6-. The van der Waals surface area contributed by atoms with Crippen molar-refractivity contribution >= 4 is 68.6 Å². The van der Waals surface area contributed by atoms with E-state index in [0.29, 0.717) is 26.4 Å². The van der Waals surface area contributed by atoms with Gasteiger partial charge in [0, 0.05) is 6.07 Å². The molecule has 0 aromatic heterocycles. The van der Waals surface area contributed by atoms with Gasteiger partial charge in [-0.15, -0.1) is 0 Å². The third kappa shape index (κ3) is 3.09. The van der Waals surface area contributed by atoms with Crippen molar-refractivity contribution in [2.24, 2.45) is 0 Å². The number of fused-ring (bicyclic) bond motifs is 1. The van der Waals surface area contributed by atoms with E-state index in [-0.39, 0.29) is 18.4 Å². The number of carbonyl (C=O) groups is 1. The van der Waals surface area contributed by atoms with Gasteiger partial charge in [0.25, 0.3) is 5.91 Å². The number of phenols is 1. The summed E-state index contributed by atoms with van der Waals surface area (Å²) in [7, 11) is 0. The average Bonchev–Trinajstić information content (AvgIpc) is 3.15. The van der Waals surface area contributed by atoms with Crippen LogP contribution in [0.1, 0.15) is 5.56 Å². The maximum Gasteiger partial charge on any atom is 0.270 e. The molecule has 1 saturated heterocycles. The molecule has 126 valence electrons. The quantitative estimate of drug-likeness (QED) is 0.394. The minimum atomic E-state index is -0.183. The Morgan fingerprint density at radius 1 is 1.20 bits per heavy atom. The van der Waals surface area contributed by atoms with Crippen LogP contribution >= 0.6 is 46.6 Å². The molecule has 2 aliphatic heterocycles. The number of rotatable bonds is 2. The van der Waals surface area contributed by atoms with Crippen LogP contribution in [0.4, 0.5) is 5.69 Å². The maximum absolute atomic E-state index is 12.8. The number of phenolic OH excluding ortho intramolecular Hbond substituents is 1. The molecule has 1 N–H and O–H groups in total. The zero-order valence-electron chi connectivity index (χ0n) is 12.6. The van der Waals surface area contributed by atoms with Crippen LogP contribution < -0.4 is 14.4 Å². The van der Waals surface area contributed by atoms with Gasteiger partial charge >= 0.3 is 0 Å². The van der Waals surface area contributed by atoms with Crippen molar-refractivity contribution in [1.29, 1.82) is 0 Å². The number of ether oxygens (including phenoxy) is 2. The van der Waals surface area contributed by atoms with Crippen molar-refractivity contribution in [1.82, 2.24) is 0 Å². The van der Waals surface area contributed by atoms with Crippen molar-refractivity contribution in [3.8, 4) is 17.2 Å². The molecule has 0 atom stereocenters. The van der Waals surface area contributed by atoms with Gasteiger partial charge in [-0.05, 0) is 58.5 Å². The first kappa shape index (κ1) is 16.7. The number of aromatic hydroxyl groups is 1. The molecule has 5 nitrogen and oxygen atoms in total. The van der Waals surface area contributed by atoms with E-state index >= 15 is 0 Å². The number of carbonyl (C=O) groups excluding carboxylic acids is 1. The molecule has 1 amide bonds. The Hall–Kier alpha value is -1.78. The van der Waals surface area contributed by atoms with Crippen molar-refractivity contribution in [3.05, 3.63) is 50.4 Å². The molecule has 1 fully saturated rings. The van der Waals surface area contributed by atoms with Gasteiger partial charge in [0.05, 0.1) is 14.2 Å². The van der Waals surface area contributed by atoms with Crippen LogP contribution in [0.5, 0.6) is 17.2 Å². The van der Waals surface area contributed by atoms with E-state index in [2.05, 4.69) is 0 Å². The lowest BCUT2D eigenvalue weighted by molar-refractivity contribution is -0.113. The highest BCUT2D eigenvalue weighted by Gasteiger charge is 2.34. The van der Waals surface area contributed by atoms with Gasteiger partial charge in [-0.2, -0.15) is 0 Å². The first-order valence-electron chi connectivity index (χ1n) is 7.19. The normalized spacial score (nSPS) is 17.6. The second kappa shape index (κ2) is 6.50. The van der Waals surface area contributed by atoms with E-state index in [1.807, 2.05) is 28.7 Å². The highest BCUT2D eigenvalue weighted by Crippen LogP contribution is 2.40. The second-order valence-corrected chi connectivity index (χ2v) is 8.10. The highest BCUT2D eigenvalue weighted by atomic mass is 127. The third-order valence-electron chi connectivity index (χ3n) is 3.68. The van der Waals surface area contributed by atoms with E-state index < -0.39 is 0 Å². The van der Waals surface area contributed by atoms with Gasteiger partial charge in [0.2, 0.25) is 6.79 Å². The Bertz CT molecular complexity index is 944. The molecule has 2 heterocycles. The minimum Gasteiger partial charge on any atom is -0.507 e. The predicted molar refractivity (Wildman–Crippen MR) is 109 cm³/mol. The Kier molecular flexibility index (Phi) is 4.34. The summed E-state index contributed by atoms with van der Waals surface area (Å²) in [6.07, 6.45) is 1.77. The Morgan fingerprint density at radius 3 is 2.80 bits per heavy atom. The van der Waals surface area contributed by atoms with E-state index in [1.165, 1.54) is 16.7 Å². The summed E-state index contributed by atoms with van der Waals surface area (Å²) in [5, 5.41) is 9.61. The lowest BCUT2D eigenvalue weighted by Gasteiger charge is -2.14. The predicted octanol–water partition coefficient (Wildman–Crippen LogP) is 4.13. The van der Waals surface area contributed by atoms with Gasteiger partial charge in [0.15, 0.2) is 15.8 Å². The molecule has 0 spiro atoms. The summed E-state index contributed by atoms with van der Waals surface area (Å²) in [6.45, 7) is 0.177. The number of hydrogen-bond donors (Lipinski definition) is 1. The van der Waals surface area contributed by atoms with Gasteiger partial charge < -0.3 is 14.6 Å². The molecule has 0 saturated carbocycles. The fourth-order valence-electron chi connectivity index (χ4n) is 2.48. The molecular weight excluding hydrogens is 473 g/mol. The first-order valence-corrected chi connectivity index (χ1v) is 9.49. The summed E-state index contributed by atoms with van der Waals surface area (Å²) < 4.78 is 11.8. The fourth-order valence-corrected chi connectivity index (χ4v) is 4.32. The molecule has 0 bridgehead atoms. The van der Waals surface area contributed by atoms with Crippen LogP contribution in [-0.2, 0) is 4.79 Å². The number of amides is 1. The third-order valence-corrected chi connectivity index (χ3v) is 5.84. The van der Waals surface area contributed by atoms with Crippen LogP contribution in [0.15, 0.2) is 41.3 Å². The summed E-state index contributed by atoms with van der Waals surface area (Å²) in [4.78, 5) is 14.8. The zero-order chi connectivity index (χ0) is 17.6. The number of anilines is 1. The number of thioether (sulfide) groups is 1. The van der Waals surface area contributed by atoms with Crippen LogP contribution in [0.2, 0.25) is 0 Å². The van der Waals surface area contributed by atoms with Crippen molar-refractivity contribution < 1.29 is 19.4 Å². The van der Waals surface area contributed by atoms with Crippen LogP contribution in [0.3, 0.4) is 0 Å². The molecule has 4 rings (SSSR count). The molecule has 2 aromatic rings. The largest absolute Gasteiger partial charge is 0.507 e. The van der Waals surface area contributed by atoms with E-state index in [1.54, 1.807) is 36.4 Å². The molecular formula is C17H10INO4S2. The van der Waals surface area contributed by atoms with Crippen molar-refractivity contribution in [2.45, 2.75) is 0 Å². The molecule has 0 aliphatic carbocycles. The van der Waals surface area contributed by atoms with Crippen molar-refractivity contribution in [3.63, 3.8) is 0 Å². The second-order valence-electron chi connectivity index (χ2n) is 5.27. The summed E-state index contributed by atoms with van der Waals surface area (Å²) >= 11 is 8.67. The smallest absolute Gasteiger partial charge is 0.270 e. The van der Waals surface area contributed by atoms with E-state index in [9.17, 15) is 9.90 Å². The van der Waals surface area contributed by atoms with Crippen LogP contribution in [0, 0.1) is 3.57 Å². The Morgan fingerprint density at radius 2 is 2.00 bits per heavy atom. The van der Waals surface area contributed by atoms with E-state index in [4.69, 9.17) is 21.7 Å². The molecule has 2 aliphatic rings. The minimum absolute atomic E-state index is 0.177. The highest BCUT2D eigenvalue weighted by molar-refractivity contribution is 14.1. The fraction of sp³-hybridized carbons (Fsp3) is 0.0588. The van der Waals surface area contributed by atoms with E-state index in [0.717, 1.165) is 9.13 Å². The average molecular weight is 483 g/mol. The molecule has 2 aromatic carbocycles.